The molecule has 1 aromatic heterocycles. The number of nitrogens with zero attached hydrogens (tertiary/aromatic N) is 1. The minimum absolute atomic E-state index is 0.616. The predicted octanol–water partition coefficient (Wildman–Crippen LogP) is -0.770. The SMILES string of the molecule is C=Cn1oc(=O)[nH]c1=O. The van der Waals surface area contributed by atoms with E-state index in [2.05, 4.69) is 11.1 Å². The Labute approximate surface area is 49.2 Å². The number of hydrogen-bond acceptors (Lipinski definition) is 3. The zero-order valence-electron chi connectivity index (χ0n) is 4.46. The van der Waals surface area contributed by atoms with Crippen molar-refractivity contribution in [3.8, 4) is 0 Å². The Morgan fingerprint density at radius 1 is 1.67 bits per heavy atom. The molecule has 1 rings (SSSR count). The third-order valence-electron chi connectivity index (χ3n) is 0.756. The lowest BCUT2D eigenvalue weighted by Crippen LogP contribution is -2.11. The van der Waals surface area contributed by atoms with Crippen molar-refractivity contribution in [2.45, 2.75) is 0 Å². The molecule has 0 aromatic carbocycles. The molecule has 0 radical (unpaired) electrons. The smallest absolute Gasteiger partial charge is 0.312 e. The van der Waals surface area contributed by atoms with Gasteiger partial charge < -0.3 is 4.52 Å². The summed E-state index contributed by atoms with van der Waals surface area (Å²) < 4.78 is 4.95. The fourth-order valence-corrected chi connectivity index (χ4v) is 0.416. The van der Waals surface area contributed by atoms with Gasteiger partial charge in [0.1, 0.15) is 0 Å². The van der Waals surface area contributed by atoms with E-state index in [4.69, 9.17) is 0 Å². The Kier molecular flexibility index (Phi) is 1.11. The fraction of sp³-hybridized carbons (Fsp3) is 0. The molecule has 0 bridgehead atoms. The fourth-order valence-electron chi connectivity index (χ4n) is 0.416. The maximum Gasteiger partial charge on any atom is 0.440 e. The van der Waals surface area contributed by atoms with Crippen molar-refractivity contribution in [2.24, 2.45) is 0 Å². The van der Waals surface area contributed by atoms with Crippen molar-refractivity contribution in [1.82, 2.24) is 9.72 Å². The Hall–Kier alpha value is -1.52. The van der Waals surface area contributed by atoms with Crippen molar-refractivity contribution in [1.29, 1.82) is 0 Å². The van der Waals surface area contributed by atoms with Gasteiger partial charge in [-0.2, -0.15) is 0 Å². The molecular formula is C4H4N2O3. The molecule has 0 aliphatic rings. The number of nitrogens with one attached hydrogen (secondary N) is 1. The lowest BCUT2D eigenvalue weighted by molar-refractivity contribution is 0.329. The topological polar surface area (TPSA) is 68.0 Å². The van der Waals surface area contributed by atoms with E-state index in [1.165, 1.54) is 0 Å². The normalized spacial score (nSPS) is 9.33. The maximum atomic E-state index is 10.4. The highest BCUT2D eigenvalue weighted by molar-refractivity contribution is 5.08. The van der Waals surface area contributed by atoms with Crippen LogP contribution in [-0.4, -0.2) is 9.72 Å². The minimum Gasteiger partial charge on any atom is -0.312 e. The average molecular weight is 128 g/mol. The molecule has 1 heterocycles. The summed E-state index contributed by atoms with van der Waals surface area (Å²) in [5, 5.41) is 0. The van der Waals surface area contributed by atoms with Crippen LogP contribution in [0, 0.1) is 0 Å². The Morgan fingerprint density at radius 2 is 2.33 bits per heavy atom. The van der Waals surface area contributed by atoms with Crippen molar-refractivity contribution in [3.05, 3.63) is 27.6 Å². The van der Waals surface area contributed by atoms with Gasteiger partial charge in [-0.15, -0.1) is 4.74 Å². The zero-order chi connectivity index (χ0) is 6.85. The van der Waals surface area contributed by atoms with Gasteiger partial charge in [0.05, 0.1) is 0 Å². The molecule has 0 saturated heterocycles. The monoisotopic (exact) mass is 128 g/mol. The first-order chi connectivity index (χ1) is 4.24. The summed E-state index contributed by atoms with van der Waals surface area (Å²) in [6.07, 6.45) is 1.10. The van der Waals surface area contributed by atoms with Crippen LogP contribution in [0.25, 0.3) is 6.20 Å². The van der Waals surface area contributed by atoms with Crippen molar-refractivity contribution >= 4 is 6.20 Å². The molecule has 1 N–H and O–H groups in total. The largest absolute Gasteiger partial charge is 0.440 e. The van der Waals surface area contributed by atoms with E-state index in [-0.39, 0.29) is 0 Å². The van der Waals surface area contributed by atoms with Crippen LogP contribution in [-0.2, 0) is 0 Å². The van der Waals surface area contributed by atoms with E-state index in [0.29, 0.717) is 4.74 Å². The summed E-state index contributed by atoms with van der Waals surface area (Å²) in [5.41, 5.74) is -0.616. The summed E-state index contributed by atoms with van der Waals surface area (Å²) in [5.74, 6) is -0.778. The van der Waals surface area contributed by atoms with E-state index >= 15 is 0 Å². The van der Waals surface area contributed by atoms with Gasteiger partial charge in [-0.3, -0.25) is 0 Å². The molecule has 0 spiro atoms. The van der Waals surface area contributed by atoms with Crippen LogP contribution < -0.4 is 11.4 Å². The van der Waals surface area contributed by atoms with Gasteiger partial charge in [0.15, 0.2) is 0 Å². The van der Waals surface area contributed by atoms with Crippen LogP contribution >= 0.6 is 0 Å². The Morgan fingerprint density at radius 3 is 2.56 bits per heavy atom. The van der Waals surface area contributed by atoms with Gasteiger partial charge in [0.2, 0.25) is 0 Å². The van der Waals surface area contributed by atoms with Crippen LogP contribution in [0.3, 0.4) is 0 Å². The number of aromatic amines is 1. The highest BCUT2D eigenvalue weighted by Gasteiger charge is 1.94. The average Bonchev–Trinajstić information content (AvgIpc) is 2.10. The third-order valence-corrected chi connectivity index (χ3v) is 0.756. The van der Waals surface area contributed by atoms with Crippen LogP contribution in [0.1, 0.15) is 0 Å². The standard InChI is InChI=1S/C4H4N2O3/c1-2-6-3(7)5-4(8)9-6/h2H,1H2,(H,5,7,8). The predicted molar refractivity (Wildman–Crippen MR) is 30.0 cm³/mol. The van der Waals surface area contributed by atoms with E-state index in [0.717, 1.165) is 6.20 Å². The summed E-state index contributed by atoms with van der Waals surface area (Å²) in [7, 11) is 0. The van der Waals surface area contributed by atoms with Crippen molar-refractivity contribution in [3.63, 3.8) is 0 Å². The van der Waals surface area contributed by atoms with Crippen LogP contribution in [0.4, 0.5) is 0 Å². The quantitative estimate of drug-likeness (QED) is 0.540. The molecule has 0 fully saturated rings. The number of H-pyrrole nitrogens is 1. The molecule has 0 amide bonds. The van der Waals surface area contributed by atoms with Crippen LogP contribution in [0.2, 0.25) is 0 Å². The molecule has 0 atom stereocenters. The lowest BCUT2D eigenvalue weighted by Gasteiger charge is -1.77. The van der Waals surface area contributed by atoms with Crippen LogP contribution in [0.15, 0.2) is 20.7 Å². The molecule has 0 unspecified atom stereocenters. The van der Waals surface area contributed by atoms with Gasteiger partial charge >= 0.3 is 11.4 Å². The zero-order valence-corrected chi connectivity index (χ0v) is 4.46. The highest BCUT2D eigenvalue weighted by atomic mass is 16.5. The molecule has 0 aliphatic carbocycles. The van der Waals surface area contributed by atoms with Gasteiger partial charge in [0.25, 0.3) is 0 Å². The first-order valence-corrected chi connectivity index (χ1v) is 2.19. The van der Waals surface area contributed by atoms with E-state index < -0.39 is 11.4 Å². The molecule has 9 heavy (non-hydrogen) atoms. The lowest BCUT2D eigenvalue weighted by atomic mass is 11.0. The second-order valence-corrected chi connectivity index (χ2v) is 1.32. The molecule has 1 aromatic rings. The Balaban J connectivity index is 3.50. The second-order valence-electron chi connectivity index (χ2n) is 1.32. The summed E-state index contributed by atoms with van der Waals surface area (Å²) in [6.45, 7) is 3.22. The third kappa shape index (κ3) is 0.835. The van der Waals surface area contributed by atoms with E-state index in [1.807, 2.05) is 4.98 Å². The van der Waals surface area contributed by atoms with E-state index in [9.17, 15) is 9.59 Å². The number of rotatable bonds is 1. The maximum absolute atomic E-state index is 10.4. The molecule has 0 saturated carbocycles. The van der Waals surface area contributed by atoms with E-state index in [1.54, 1.807) is 0 Å². The van der Waals surface area contributed by atoms with Gasteiger partial charge in [-0.25, -0.2) is 14.6 Å². The van der Waals surface area contributed by atoms with Crippen molar-refractivity contribution < 1.29 is 4.52 Å². The number of hydrogen-bond donors (Lipinski definition) is 1. The summed E-state index contributed by atoms with van der Waals surface area (Å²) >= 11 is 0. The van der Waals surface area contributed by atoms with Crippen LogP contribution in [0.5, 0.6) is 0 Å². The highest BCUT2D eigenvalue weighted by Crippen LogP contribution is 1.68. The molecular weight excluding hydrogens is 124 g/mol. The molecule has 5 heteroatoms. The van der Waals surface area contributed by atoms with Gasteiger partial charge in [-0.05, 0) is 0 Å². The molecule has 5 nitrogen and oxygen atoms in total. The molecule has 48 valence electrons. The van der Waals surface area contributed by atoms with Gasteiger partial charge in [-0.1, -0.05) is 6.58 Å². The van der Waals surface area contributed by atoms with Crippen molar-refractivity contribution in [2.75, 3.05) is 0 Å². The van der Waals surface area contributed by atoms with Gasteiger partial charge in [0, 0.05) is 6.20 Å². The first-order valence-electron chi connectivity index (χ1n) is 2.19. The summed E-state index contributed by atoms with van der Waals surface area (Å²) in [6, 6.07) is 0. The second kappa shape index (κ2) is 1.77. The summed E-state index contributed by atoms with van der Waals surface area (Å²) in [4.78, 5) is 22.5. The first kappa shape index (κ1) is 5.61. The number of aromatic nitrogens is 2. The minimum atomic E-state index is -0.778. The molecule has 0 aliphatic heterocycles. The Bertz CT molecular complexity index is 315.